The Morgan fingerprint density at radius 3 is 2.42 bits per heavy atom. The molecule has 1 amide bonds. The van der Waals surface area contributed by atoms with Crippen LogP contribution in [-0.2, 0) is 13.0 Å². The van der Waals surface area contributed by atoms with Crippen LogP contribution in [0.1, 0.15) is 47.1 Å². The van der Waals surface area contributed by atoms with Crippen molar-refractivity contribution >= 4 is 5.91 Å². The van der Waals surface area contributed by atoms with Crippen molar-refractivity contribution in [3.05, 3.63) is 40.8 Å². The van der Waals surface area contributed by atoms with E-state index in [4.69, 9.17) is 14.0 Å². The number of carbonyl (C=O) groups excluding carboxylic acids is 1. The first-order valence-corrected chi connectivity index (χ1v) is 8.03. The maximum absolute atomic E-state index is 12.7. The molecule has 0 spiro atoms. The van der Waals surface area contributed by atoms with Crippen LogP contribution >= 0.6 is 0 Å². The molecule has 0 saturated carbocycles. The van der Waals surface area contributed by atoms with Crippen molar-refractivity contribution < 1.29 is 18.8 Å². The average Bonchev–Trinajstić information content (AvgIpc) is 3.09. The van der Waals surface area contributed by atoms with Crippen molar-refractivity contribution in [2.24, 2.45) is 0 Å². The molecule has 1 aromatic heterocycles. The number of ether oxygens (including phenoxy) is 2. The molecule has 0 bridgehead atoms. The minimum atomic E-state index is -0.105. The number of hydrogen-bond donors (Lipinski definition) is 0. The molecule has 24 heavy (non-hydrogen) atoms. The summed E-state index contributed by atoms with van der Waals surface area (Å²) in [5.74, 6) is 2.22. The van der Waals surface area contributed by atoms with Crippen LogP contribution < -0.4 is 9.47 Å². The van der Waals surface area contributed by atoms with Crippen molar-refractivity contribution in [2.45, 2.75) is 32.7 Å². The van der Waals surface area contributed by atoms with Crippen molar-refractivity contribution in [2.75, 3.05) is 20.8 Å². The van der Waals surface area contributed by atoms with E-state index in [1.807, 2.05) is 26.0 Å². The molecule has 0 radical (unpaired) electrons. The maximum atomic E-state index is 12.7. The Balaban J connectivity index is 1.82. The zero-order chi connectivity index (χ0) is 17.3. The molecule has 2 heterocycles. The predicted octanol–water partition coefficient (Wildman–Crippen LogP) is 3.01. The quantitative estimate of drug-likeness (QED) is 0.862. The maximum Gasteiger partial charge on any atom is 0.276 e. The summed E-state index contributed by atoms with van der Waals surface area (Å²) >= 11 is 0. The molecule has 3 rings (SSSR count). The summed E-state index contributed by atoms with van der Waals surface area (Å²) in [6, 6.07) is 5.66. The van der Waals surface area contributed by atoms with Crippen LogP contribution in [0.3, 0.4) is 0 Å². The first-order valence-electron chi connectivity index (χ1n) is 8.03. The molecule has 0 atom stereocenters. The van der Waals surface area contributed by atoms with Gasteiger partial charge < -0.3 is 18.9 Å². The van der Waals surface area contributed by atoms with E-state index in [1.54, 1.807) is 25.2 Å². The van der Waals surface area contributed by atoms with Gasteiger partial charge in [-0.3, -0.25) is 4.79 Å². The largest absolute Gasteiger partial charge is 0.493 e. The van der Waals surface area contributed by atoms with E-state index in [1.165, 1.54) is 5.56 Å². The van der Waals surface area contributed by atoms with Crippen molar-refractivity contribution in [1.82, 2.24) is 10.1 Å². The molecule has 0 saturated heterocycles. The van der Waals surface area contributed by atoms with Crippen LogP contribution in [0.4, 0.5) is 0 Å². The van der Waals surface area contributed by atoms with Gasteiger partial charge in [0.1, 0.15) is 5.76 Å². The smallest absolute Gasteiger partial charge is 0.276 e. The van der Waals surface area contributed by atoms with E-state index >= 15 is 0 Å². The molecule has 6 nitrogen and oxygen atoms in total. The van der Waals surface area contributed by atoms with Crippen LogP contribution in [0.15, 0.2) is 22.7 Å². The Kier molecular flexibility index (Phi) is 4.46. The molecule has 0 N–H and O–H groups in total. The zero-order valence-corrected chi connectivity index (χ0v) is 14.5. The highest BCUT2D eigenvalue weighted by Gasteiger charge is 2.26. The zero-order valence-electron chi connectivity index (χ0n) is 14.5. The molecular formula is C18H22N2O4. The standard InChI is InChI=1S/C18H22N2O4/c1-11(2)15-9-14(19-24-15)18(21)20-6-5-12-7-16(22-3)17(23-4)8-13(12)10-20/h7-9,11H,5-6,10H2,1-4H3. The van der Waals surface area contributed by atoms with Gasteiger partial charge in [-0.25, -0.2) is 0 Å². The van der Waals surface area contributed by atoms with Gasteiger partial charge in [-0.1, -0.05) is 19.0 Å². The van der Waals surface area contributed by atoms with Gasteiger partial charge in [0.15, 0.2) is 17.2 Å². The Morgan fingerprint density at radius 2 is 1.83 bits per heavy atom. The Morgan fingerprint density at radius 1 is 1.17 bits per heavy atom. The molecule has 128 valence electrons. The van der Waals surface area contributed by atoms with Gasteiger partial charge in [0.25, 0.3) is 5.91 Å². The number of nitrogens with zero attached hydrogens (tertiary/aromatic N) is 2. The topological polar surface area (TPSA) is 64.8 Å². The molecule has 2 aromatic rings. The summed E-state index contributed by atoms with van der Waals surface area (Å²) in [6.45, 7) is 5.18. The van der Waals surface area contributed by atoms with Gasteiger partial charge in [0.05, 0.1) is 14.2 Å². The number of methoxy groups -OCH3 is 2. The van der Waals surface area contributed by atoms with E-state index in [2.05, 4.69) is 5.16 Å². The molecule has 1 aromatic carbocycles. The fourth-order valence-corrected chi connectivity index (χ4v) is 2.88. The number of hydrogen-bond acceptors (Lipinski definition) is 5. The Labute approximate surface area is 141 Å². The fraction of sp³-hybridized carbons (Fsp3) is 0.444. The summed E-state index contributed by atoms with van der Waals surface area (Å²) in [5.41, 5.74) is 2.61. The third kappa shape index (κ3) is 2.96. The van der Waals surface area contributed by atoms with Crippen molar-refractivity contribution in [3.63, 3.8) is 0 Å². The molecule has 1 aliphatic rings. The third-order valence-corrected chi connectivity index (χ3v) is 4.32. The number of carbonyl (C=O) groups is 1. The highest BCUT2D eigenvalue weighted by Crippen LogP contribution is 2.33. The minimum absolute atomic E-state index is 0.105. The summed E-state index contributed by atoms with van der Waals surface area (Å²) in [6.07, 6.45) is 0.774. The molecule has 0 unspecified atom stereocenters. The molecular weight excluding hydrogens is 308 g/mol. The highest BCUT2D eigenvalue weighted by atomic mass is 16.5. The minimum Gasteiger partial charge on any atom is -0.493 e. The second-order valence-electron chi connectivity index (χ2n) is 6.22. The number of rotatable bonds is 4. The van der Waals surface area contributed by atoms with Crippen molar-refractivity contribution in [1.29, 1.82) is 0 Å². The first kappa shape index (κ1) is 16.4. The second-order valence-corrected chi connectivity index (χ2v) is 6.22. The van der Waals surface area contributed by atoms with E-state index in [0.717, 1.165) is 17.7 Å². The number of fused-ring (bicyclic) bond motifs is 1. The average molecular weight is 330 g/mol. The normalized spacial score (nSPS) is 13.8. The van der Waals surface area contributed by atoms with Crippen LogP contribution in [0.25, 0.3) is 0 Å². The van der Waals surface area contributed by atoms with Gasteiger partial charge >= 0.3 is 0 Å². The predicted molar refractivity (Wildman–Crippen MR) is 88.6 cm³/mol. The van der Waals surface area contributed by atoms with E-state index in [0.29, 0.717) is 30.3 Å². The van der Waals surface area contributed by atoms with Crippen LogP contribution in [0, 0.1) is 0 Å². The van der Waals surface area contributed by atoms with E-state index in [9.17, 15) is 4.79 Å². The summed E-state index contributed by atoms with van der Waals surface area (Å²) in [4.78, 5) is 14.5. The molecule has 0 aliphatic carbocycles. The lowest BCUT2D eigenvalue weighted by molar-refractivity contribution is 0.0723. The lowest BCUT2D eigenvalue weighted by atomic mass is 9.98. The number of benzene rings is 1. The van der Waals surface area contributed by atoms with Gasteiger partial charge in [-0.15, -0.1) is 0 Å². The van der Waals surface area contributed by atoms with Crippen molar-refractivity contribution in [3.8, 4) is 11.5 Å². The lowest BCUT2D eigenvalue weighted by Crippen LogP contribution is -2.36. The SMILES string of the molecule is COc1cc2c(cc1OC)CN(C(=O)c1cc(C(C)C)on1)CC2. The third-order valence-electron chi connectivity index (χ3n) is 4.32. The second kappa shape index (κ2) is 6.55. The summed E-state index contributed by atoms with van der Waals surface area (Å²) < 4.78 is 15.9. The van der Waals surface area contributed by atoms with Gasteiger partial charge in [0.2, 0.25) is 0 Å². The number of amides is 1. The lowest BCUT2D eigenvalue weighted by Gasteiger charge is -2.29. The van der Waals surface area contributed by atoms with Crippen LogP contribution in [0.5, 0.6) is 11.5 Å². The molecule has 1 aliphatic heterocycles. The Bertz CT molecular complexity index is 751. The summed E-state index contributed by atoms with van der Waals surface area (Å²) in [5, 5.41) is 3.92. The Hall–Kier alpha value is -2.50. The van der Waals surface area contributed by atoms with Gasteiger partial charge in [-0.05, 0) is 29.7 Å². The monoisotopic (exact) mass is 330 g/mol. The molecule has 6 heteroatoms. The van der Waals surface area contributed by atoms with E-state index < -0.39 is 0 Å². The van der Waals surface area contributed by atoms with Gasteiger partial charge in [0, 0.05) is 25.1 Å². The van der Waals surface area contributed by atoms with Crippen LogP contribution in [-0.4, -0.2) is 36.7 Å². The first-order chi connectivity index (χ1) is 11.5. The number of aromatic nitrogens is 1. The summed E-state index contributed by atoms with van der Waals surface area (Å²) in [7, 11) is 3.23. The molecule has 0 fully saturated rings. The highest BCUT2D eigenvalue weighted by molar-refractivity contribution is 5.92. The van der Waals surface area contributed by atoms with E-state index in [-0.39, 0.29) is 11.8 Å². The van der Waals surface area contributed by atoms with Gasteiger partial charge in [-0.2, -0.15) is 0 Å². The van der Waals surface area contributed by atoms with Crippen LogP contribution in [0.2, 0.25) is 0 Å². The fourth-order valence-electron chi connectivity index (χ4n) is 2.88.